The normalized spacial score (nSPS) is 13.5. The Labute approximate surface area is 183 Å². The van der Waals surface area contributed by atoms with Crippen LogP contribution < -0.4 is 15.0 Å². The highest BCUT2D eigenvalue weighted by Crippen LogP contribution is 2.27. The molecule has 0 unspecified atom stereocenters. The summed E-state index contributed by atoms with van der Waals surface area (Å²) in [5, 5.41) is 5.16. The van der Waals surface area contributed by atoms with Crippen molar-refractivity contribution in [1.82, 2.24) is 4.98 Å². The Balaban J connectivity index is 1.41. The molecule has 1 saturated heterocycles. The lowest BCUT2D eigenvalue weighted by Gasteiger charge is -2.13. The number of carbonyl (C=O) groups is 3. The Morgan fingerprint density at radius 2 is 1.74 bits per heavy atom. The first-order valence-corrected chi connectivity index (χ1v) is 10.9. The van der Waals surface area contributed by atoms with Crippen molar-refractivity contribution in [3.8, 4) is 17.0 Å². The van der Waals surface area contributed by atoms with E-state index < -0.39 is 0 Å². The van der Waals surface area contributed by atoms with E-state index in [0.717, 1.165) is 28.3 Å². The van der Waals surface area contributed by atoms with Crippen LogP contribution in [0, 0.1) is 0 Å². The van der Waals surface area contributed by atoms with Crippen molar-refractivity contribution in [3.05, 3.63) is 59.5 Å². The largest absolute Gasteiger partial charge is 0.494 e. The minimum Gasteiger partial charge on any atom is -0.494 e. The fraction of sp³-hybridized carbons (Fsp3) is 0.217. The van der Waals surface area contributed by atoms with E-state index in [4.69, 9.17) is 4.74 Å². The van der Waals surface area contributed by atoms with Crippen molar-refractivity contribution >= 4 is 39.9 Å². The van der Waals surface area contributed by atoms with E-state index in [1.165, 1.54) is 11.3 Å². The number of amides is 3. The fourth-order valence-corrected chi connectivity index (χ4v) is 3.92. The van der Waals surface area contributed by atoms with Gasteiger partial charge in [-0.2, -0.15) is 0 Å². The number of nitrogens with zero attached hydrogens (tertiary/aromatic N) is 2. The second-order valence-electron chi connectivity index (χ2n) is 7.03. The van der Waals surface area contributed by atoms with Crippen LogP contribution in [0.3, 0.4) is 0 Å². The minimum absolute atomic E-state index is 0.220. The van der Waals surface area contributed by atoms with Crippen molar-refractivity contribution in [2.75, 3.05) is 16.8 Å². The van der Waals surface area contributed by atoms with E-state index in [-0.39, 0.29) is 30.6 Å². The number of aromatic nitrogens is 1. The van der Waals surface area contributed by atoms with Crippen LogP contribution in [0.4, 0.5) is 10.8 Å². The van der Waals surface area contributed by atoms with Gasteiger partial charge in [0.2, 0.25) is 11.8 Å². The molecule has 1 aliphatic heterocycles. The molecule has 4 rings (SSSR count). The van der Waals surface area contributed by atoms with E-state index >= 15 is 0 Å². The molecular formula is C23H21N3O4S. The number of carbonyl (C=O) groups excluding carboxylic acids is 3. The second-order valence-corrected chi connectivity index (χ2v) is 7.89. The molecule has 7 nitrogen and oxygen atoms in total. The maximum Gasteiger partial charge on any atom is 0.257 e. The van der Waals surface area contributed by atoms with Crippen LogP contribution in [0.25, 0.3) is 11.3 Å². The van der Waals surface area contributed by atoms with Crippen LogP contribution in [0.1, 0.15) is 36.5 Å². The van der Waals surface area contributed by atoms with E-state index in [1.807, 2.05) is 29.6 Å². The molecule has 2 aromatic carbocycles. The molecule has 2 heterocycles. The van der Waals surface area contributed by atoms with Crippen LogP contribution in [-0.4, -0.2) is 29.3 Å². The molecule has 31 heavy (non-hydrogen) atoms. The zero-order chi connectivity index (χ0) is 21.8. The monoisotopic (exact) mass is 435 g/mol. The Hall–Kier alpha value is -3.52. The molecule has 0 bridgehead atoms. The number of nitrogens with one attached hydrogen (secondary N) is 1. The number of ether oxygens (including phenoxy) is 1. The molecule has 3 aromatic rings. The number of hydrogen-bond donors (Lipinski definition) is 1. The van der Waals surface area contributed by atoms with Crippen molar-refractivity contribution in [3.63, 3.8) is 0 Å². The van der Waals surface area contributed by atoms with Crippen molar-refractivity contribution in [2.24, 2.45) is 0 Å². The molecule has 0 spiro atoms. The summed E-state index contributed by atoms with van der Waals surface area (Å²) in [7, 11) is 0. The first kappa shape index (κ1) is 20.7. The molecule has 1 aliphatic rings. The minimum atomic E-state index is -0.310. The maximum atomic E-state index is 12.6. The predicted molar refractivity (Wildman–Crippen MR) is 119 cm³/mol. The third-order valence-corrected chi connectivity index (χ3v) is 5.54. The van der Waals surface area contributed by atoms with Crippen LogP contribution >= 0.6 is 11.3 Å². The van der Waals surface area contributed by atoms with E-state index in [9.17, 15) is 14.4 Å². The lowest BCUT2D eigenvalue weighted by molar-refractivity contribution is -0.121. The van der Waals surface area contributed by atoms with Gasteiger partial charge in [0, 0.05) is 29.3 Å². The Bertz CT molecular complexity index is 1090. The Kier molecular flexibility index (Phi) is 6.08. The van der Waals surface area contributed by atoms with Crippen molar-refractivity contribution in [1.29, 1.82) is 0 Å². The zero-order valence-corrected chi connectivity index (χ0v) is 17.8. The lowest BCUT2D eigenvalue weighted by Crippen LogP contribution is -2.28. The summed E-state index contributed by atoms with van der Waals surface area (Å²) in [4.78, 5) is 41.9. The van der Waals surface area contributed by atoms with Gasteiger partial charge in [-0.15, -0.1) is 11.3 Å². The van der Waals surface area contributed by atoms with Gasteiger partial charge in [-0.25, -0.2) is 4.98 Å². The summed E-state index contributed by atoms with van der Waals surface area (Å²) in [6.07, 6.45) is 1.40. The molecule has 0 saturated carbocycles. The van der Waals surface area contributed by atoms with Crippen LogP contribution in [-0.2, 0) is 9.59 Å². The predicted octanol–water partition coefficient (Wildman–Crippen LogP) is 4.50. The summed E-state index contributed by atoms with van der Waals surface area (Å²) in [5.41, 5.74) is 2.60. The number of rotatable bonds is 7. The fourth-order valence-electron chi connectivity index (χ4n) is 3.20. The number of hydrogen-bond acceptors (Lipinski definition) is 6. The molecule has 8 heteroatoms. The van der Waals surface area contributed by atoms with Gasteiger partial charge in [0.25, 0.3) is 5.91 Å². The lowest BCUT2D eigenvalue weighted by atomic mass is 10.2. The van der Waals surface area contributed by atoms with Crippen molar-refractivity contribution in [2.45, 2.75) is 26.2 Å². The molecule has 3 amide bonds. The molecule has 1 aromatic heterocycles. The quantitative estimate of drug-likeness (QED) is 0.552. The average molecular weight is 436 g/mol. The van der Waals surface area contributed by atoms with Gasteiger partial charge < -0.3 is 4.74 Å². The molecule has 158 valence electrons. The second kappa shape index (κ2) is 9.09. The maximum absolute atomic E-state index is 12.6. The number of benzene rings is 2. The van der Waals surface area contributed by atoms with Gasteiger partial charge >= 0.3 is 0 Å². The van der Waals surface area contributed by atoms with Gasteiger partial charge in [0.1, 0.15) is 5.75 Å². The molecule has 0 aliphatic carbocycles. The number of thiazole rings is 1. The average Bonchev–Trinajstić information content (AvgIpc) is 3.39. The van der Waals surface area contributed by atoms with E-state index in [1.54, 1.807) is 24.3 Å². The zero-order valence-electron chi connectivity index (χ0n) is 17.0. The summed E-state index contributed by atoms with van der Waals surface area (Å²) < 4.78 is 5.59. The highest BCUT2D eigenvalue weighted by Gasteiger charge is 2.30. The first-order valence-electron chi connectivity index (χ1n) is 10.0. The molecule has 1 N–H and O–H groups in total. The summed E-state index contributed by atoms with van der Waals surface area (Å²) in [5.74, 6) is 0.0647. The number of imide groups is 1. The summed E-state index contributed by atoms with van der Waals surface area (Å²) in [6.45, 7) is 2.74. The van der Waals surface area contributed by atoms with Crippen LogP contribution in [0.2, 0.25) is 0 Å². The Morgan fingerprint density at radius 3 is 2.39 bits per heavy atom. The van der Waals surface area contributed by atoms with Gasteiger partial charge in [0.15, 0.2) is 5.13 Å². The molecule has 0 radical (unpaired) electrons. The van der Waals surface area contributed by atoms with Gasteiger partial charge in [-0.05, 0) is 55.0 Å². The molecular weight excluding hydrogens is 414 g/mol. The smallest absolute Gasteiger partial charge is 0.257 e. The highest BCUT2D eigenvalue weighted by molar-refractivity contribution is 7.14. The van der Waals surface area contributed by atoms with Crippen LogP contribution in [0.15, 0.2) is 53.9 Å². The van der Waals surface area contributed by atoms with Gasteiger partial charge in [-0.3, -0.25) is 24.6 Å². The third kappa shape index (κ3) is 4.64. The van der Waals surface area contributed by atoms with E-state index in [0.29, 0.717) is 23.0 Å². The third-order valence-electron chi connectivity index (χ3n) is 4.79. The van der Waals surface area contributed by atoms with Crippen LogP contribution in [0.5, 0.6) is 5.75 Å². The Morgan fingerprint density at radius 1 is 1.06 bits per heavy atom. The summed E-state index contributed by atoms with van der Waals surface area (Å²) >= 11 is 1.34. The SMILES string of the molecule is CCCOc1ccc(-c2csc(NC(=O)c3ccc(N4C(=O)CCC4=O)cc3)n2)cc1. The highest BCUT2D eigenvalue weighted by atomic mass is 32.1. The summed E-state index contributed by atoms with van der Waals surface area (Å²) in [6, 6.07) is 14.1. The molecule has 1 fully saturated rings. The van der Waals surface area contributed by atoms with Gasteiger partial charge in [0.05, 0.1) is 18.0 Å². The van der Waals surface area contributed by atoms with Crippen molar-refractivity contribution < 1.29 is 19.1 Å². The standard InChI is InChI=1S/C23H21N3O4S/c1-2-13-30-18-9-5-15(6-10-18)19-14-31-23(24-19)25-22(29)16-3-7-17(8-4-16)26-20(27)11-12-21(26)28/h3-10,14H,2,11-13H2,1H3,(H,24,25,29). The number of anilines is 2. The van der Waals surface area contributed by atoms with Gasteiger partial charge in [-0.1, -0.05) is 6.92 Å². The van der Waals surface area contributed by atoms with E-state index in [2.05, 4.69) is 17.2 Å². The topological polar surface area (TPSA) is 88.6 Å². The molecule has 0 atom stereocenters. The first-order chi connectivity index (χ1) is 15.0.